The maximum absolute atomic E-state index is 13.7. The van der Waals surface area contributed by atoms with Gasteiger partial charge in [0.15, 0.2) is 11.6 Å². The number of aromatic nitrogens is 1. The first-order valence-electron chi connectivity index (χ1n) is 5.55. The lowest BCUT2D eigenvalue weighted by molar-refractivity contribution is 0.388. The molecule has 1 N–H and O–H groups in total. The smallest absolute Gasteiger partial charge is 0.266 e. The summed E-state index contributed by atoms with van der Waals surface area (Å²) in [4.78, 5) is 14.3. The first-order valence-corrected chi connectivity index (χ1v) is 5.55. The molecule has 0 spiro atoms. The van der Waals surface area contributed by atoms with E-state index < -0.39 is 11.4 Å². The fourth-order valence-corrected chi connectivity index (χ4v) is 1.94. The Kier molecular flexibility index (Phi) is 3.34. The van der Waals surface area contributed by atoms with Crippen LogP contribution < -0.4 is 10.3 Å². The van der Waals surface area contributed by atoms with Crippen LogP contribution in [0.15, 0.2) is 29.1 Å². The minimum absolute atomic E-state index is 0.0176. The number of rotatable bonds is 2. The summed E-state index contributed by atoms with van der Waals surface area (Å²) in [6, 6.07) is 7.83. The summed E-state index contributed by atoms with van der Waals surface area (Å²) in [5, 5.41) is 9.08. The van der Waals surface area contributed by atoms with Crippen LogP contribution in [0.4, 0.5) is 4.39 Å². The third-order valence-electron chi connectivity index (χ3n) is 2.74. The molecule has 96 valence electrons. The molecule has 4 nitrogen and oxygen atoms in total. The molecule has 1 aromatic carbocycles. The van der Waals surface area contributed by atoms with Crippen molar-refractivity contribution in [3.63, 3.8) is 0 Å². The van der Waals surface area contributed by atoms with Crippen molar-refractivity contribution in [3.8, 4) is 22.9 Å². The molecule has 0 saturated heterocycles. The highest BCUT2D eigenvalue weighted by Gasteiger charge is 2.16. The number of methoxy groups -OCH3 is 1. The van der Waals surface area contributed by atoms with Crippen molar-refractivity contribution in [1.29, 1.82) is 5.26 Å². The summed E-state index contributed by atoms with van der Waals surface area (Å²) in [6.07, 6.45) is 0. The predicted molar refractivity (Wildman–Crippen MR) is 68.5 cm³/mol. The Morgan fingerprint density at radius 3 is 2.74 bits per heavy atom. The molecule has 0 aliphatic heterocycles. The quantitative estimate of drug-likeness (QED) is 0.899. The average Bonchev–Trinajstić information content (AvgIpc) is 2.37. The molecule has 0 fully saturated rings. The number of aromatic amines is 1. The zero-order valence-electron chi connectivity index (χ0n) is 10.5. The molecule has 19 heavy (non-hydrogen) atoms. The molecule has 0 unspecified atom stereocenters. The van der Waals surface area contributed by atoms with Gasteiger partial charge in [0.1, 0.15) is 11.6 Å². The van der Waals surface area contributed by atoms with E-state index in [0.29, 0.717) is 16.8 Å². The van der Waals surface area contributed by atoms with Gasteiger partial charge in [-0.15, -0.1) is 0 Å². The number of aryl methyl sites for hydroxylation is 1. The van der Waals surface area contributed by atoms with Crippen LogP contribution in [0.5, 0.6) is 5.75 Å². The van der Waals surface area contributed by atoms with Crippen LogP contribution in [0.1, 0.15) is 11.3 Å². The lowest BCUT2D eigenvalue weighted by atomic mass is 10.00. The molecule has 0 amide bonds. The highest BCUT2D eigenvalue weighted by atomic mass is 19.1. The molecule has 0 aliphatic carbocycles. The summed E-state index contributed by atoms with van der Waals surface area (Å²) >= 11 is 0. The van der Waals surface area contributed by atoms with E-state index in [1.807, 2.05) is 6.07 Å². The molecular weight excluding hydrogens is 247 g/mol. The minimum Gasteiger partial charge on any atom is -0.493 e. The minimum atomic E-state index is -0.540. The summed E-state index contributed by atoms with van der Waals surface area (Å²) in [5.41, 5.74) is 0.775. The Morgan fingerprint density at radius 2 is 2.11 bits per heavy atom. The second-order valence-corrected chi connectivity index (χ2v) is 4.00. The number of nitrogens with zero attached hydrogens (tertiary/aromatic N) is 1. The molecule has 1 aromatic heterocycles. The summed E-state index contributed by atoms with van der Waals surface area (Å²) < 4.78 is 18.7. The van der Waals surface area contributed by atoms with Crippen LogP contribution >= 0.6 is 0 Å². The largest absolute Gasteiger partial charge is 0.493 e. The van der Waals surface area contributed by atoms with Gasteiger partial charge in [-0.2, -0.15) is 5.26 Å². The van der Waals surface area contributed by atoms with Crippen LogP contribution in [-0.4, -0.2) is 12.1 Å². The molecule has 2 aromatic rings. The number of nitrogens with one attached hydrogen (secondary N) is 1. The standard InChI is InChI=1S/C14H11FN2O2/c1-8-6-10(11(7-16)14(18)17-8)9-4-3-5-12(15)13(9)19-2/h3-6H,1-2H3,(H,17,18). The van der Waals surface area contributed by atoms with Crippen molar-refractivity contribution >= 4 is 0 Å². The molecule has 2 rings (SSSR count). The van der Waals surface area contributed by atoms with E-state index in [-0.39, 0.29) is 11.3 Å². The number of hydrogen-bond donors (Lipinski definition) is 1. The van der Waals surface area contributed by atoms with E-state index in [2.05, 4.69) is 4.98 Å². The van der Waals surface area contributed by atoms with Crippen molar-refractivity contribution in [2.75, 3.05) is 7.11 Å². The van der Waals surface area contributed by atoms with Crippen molar-refractivity contribution < 1.29 is 9.13 Å². The fraction of sp³-hybridized carbons (Fsp3) is 0.143. The Labute approximate surface area is 109 Å². The number of para-hydroxylation sites is 1. The number of benzene rings is 1. The summed E-state index contributed by atoms with van der Waals surface area (Å²) in [7, 11) is 1.34. The first kappa shape index (κ1) is 12.8. The normalized spacial score (nSPS) is 10.0. The Morgan fingerprint density at radius 1 is 1.37 bits per heavy atom. The van der Waals surface area contributed by atoms with Crippen molar-refractivity contribution in [2.24, 2.45) is 0 Å². The summed E-state index contributed by atoms with van der Waals surface area (Å²) in [6.45, 7) is 1.69. The molecule has 5 heteroatoms. The number of nitriles is 1. The SMILES string of the molecule is COc1c(F)cccc1-c1cc(C)[nH]c(=O)c1C#N. The second-order valence-electron chi connectivity index (χ2n) is 4.00. The number of H-pyrrole nitrogens is 1. The predicted octanol–water partition coefficient (Wildman–Crippen LogP) is 2.37. The van der Waals surface area contributed by atoms with E-state index in [4.69, 9.17) is 10.00 Å². The van der Waals surface area contributed by atoms with Crippen molar-refractivity contribution in [3.05, 3.63) is 51.7 Å². The van der Waals surface area contributed by atoms with Gasteiger partial charge in [0.05, 0.1) is 7.11 Å². The van der Waals surface area contributed by atoms with Crippen LogP contribution in [-0.2, 0) is 0 Å². The van der Waals surface area contributed by atoms with E-state index >= 15 is 0 Å². The number of pyridine rings is 1. The van der Waals surface area contributed by atoms with Gasteiger partial charge >= 0.3 is 0 Å². The maximum Gasteiger partial charge on any atom is 0.266 e. The lowest BCUT2D eigenvalue weighted by Gasteiger charge is -2.11. The number of halogens is 1. The average molecular weight is 258 g/mol. The van der Waals surface area contributed by atoms with Crippen LogP contribution in [0, 0.1) is 24.1 Å². The molecule has 0 saturated carbocycles. The third-order valence-corrected chi connectivity index (χ3v) is 2.74. The van der Waals surface area contributed by atoms with Gasteiger partial charge in [0.25, 0.3) is 5.56 Å². The van der Waals surface area contributed by atoms with E-state index in [9.17, 15) is 9.18 Å². The van der Waals surface area contributed by atoms with Gasteiger partial charge in [-0.3, -0.25) is 4.79 Å². The van der Waals surface area contributed by atoms with Gasteiger partial charge < -0.3 is 9.72 Å². The first-order chi connectivity index (χ1) is 9.08. The molecule has 0 radical (unpaired) electrons. The highest BCUT2D eigenvalue weighted by molar-refractivity contribution is 5.75. The van der Waals surface area contributed by atoms with Gasteiger partial charge in [-0.05, 0) is 19.1 Å². The Balaban J connectivity index is 2.84. The monoisotopic (exact) mass is 258 g/mol. The molecule has 0 bridgehead atoms. The second kappa shape index (κ2) is 4.94. The van der Waals surface area contributed by atoms with Crippen molar-refractivity contribution in [1.82, 2.24) is 4.98 Å². The molecule has 0 aliphatic rings. The molecule has 0 atom stereocenters. The zero-order chi connectivity index (χ0) is 14.0. The van der Waals surface area contributed by atoms with Crippen molar-refractivity contribution in [2.45, 2.75) is 6.92 Å². The lowest BCUT2D eigenvalue weighted by Crippen LogP contribution is -2.13. The zero-order valence-corrected chi connectivity index (χ0v) is 10.5. The molecule has 1 heterocycles. The van der Waals surface area contributed by atoms with Gasteiger partial charge in [0.2, 0.25) is 0 Å². The third kappa shape index (κ3) is 2.20. The van der Waals surface area contributed by atoms with E-state index in [1.165, 1.54) is 19.2 Å². The van der Waals surface area contributed by atoms with Gasteiger partial charge in [-0.1, -0.05) is 12.1 Å². The van der Waals surface area contributed by atoms with Crippen LogP contribution in [0.25, 0.3) is 11.1 Å². The maximum atomic E-state index is 13.7. The van der Waals surface area contributed by atoms with Crippen LogP contribution in [0.3, 0.4) is 0 Å². The van der Waals surface area contributed by atoms with E-state index in [0.717, 1.165) is 0 Å². The number of ether oxygens (including phenoxy) is 1. The number of hydrogen-bond acceptors (Lipinski definition) is 3. The summed E-state index contributed by atoms with van der Waals surface area (Å²) in [5.74, 6) is -0.522. The topological polar surface area (TPSA) is 65.9 Å². The van der Waals surface area contributed by atoms with E-state index in [1.54, 1.807) is 19.1 Å². The van der Waals surface area contributed by atoms with Crippen LogP contribution in [0.2, 0.25) is 0 Å². The molecular formula is C14H11FN2O2. The fourth-order valence-electron chi connectivity index (χ4n) is 1.94. The van der Waals surface area contributed by atoms with Gasteiger partial charge in [0, 0.05) is 16.8 Å². The Hall–Kier alpha value is -2.61. The van der Waals surface area contributed by atoms with Gasteiger partial charge in [-0.25, -0.2) is 4.39 Å². The Bertz CT molecular complexity index is 729. The highest BCUT2D eigenvalue weighted by Crippen LogP contribution is 2.33.